The highest BCUT2D eigenvalue weighted by Crippen LogP contribution is 2.38. The van der Waals surface area contributed by atoms with Gasteiger partial charge in [-0.1, -0.05) is 0 Å². The molecule has 0 unspecified atom stereocenters. The van der Waals surface area contributed by atoms with Gasteiger partial charge in [0.25, 0.3) is 0 Å². The molecule has 2 amide bonds. The van der Waals surface area contributed by atoms with Gasteiger partial charge in [-0.15, -0.1) is 0 Å². The number of fused-ring (bicyclic) bond motifs is 2. The van der Waals surface area contributed by atoms with Crippen LogP contribution in [0.4, 0.5) is 34.8 Å². The third-order valence-electron chi connectivity index (χ3n) is 5.40. The number of hydrogen-bond donors (Lipinski definition) is 1. The first-order valence-electron chi connectivity index (χ1n) is 9.25. The minimum atomic E-state index is -4.62. The molecule has 2 atom stereocenters. The molecule has 1 aromatic heterocycles. The molecule has 158 valence electrons. The van der Waals surface area contributed by atoms with Crippen LogP contribution in [0, 0.1) is 18.7 Å². The third-order valence-corrected chi connectivity index (χ3v) is 5.40. The Kier molecular flexibility index (Phi) is 4.67. The number of halogens is 4. The molecule has 2 aromatic rings. The Labute approximate surface area is 169 Å². The van der Waals surface area contributed by atoms with E-state index < -0.39 is 41.3 Å². The molecule has 1 N–H and O–H groups in total. The van der Waals surface area contributed by atoms with Crippen molar-refractivity contribution in [3.8, 4) is 0 Å². The van der Waals surface area contributed by atoms with E-state index in [1.54, 1.807) is 0 Å². The number of nitrogens with zero attached hydrogens (tertiary/aromatic N) is 3. The first-order valence-corrected chi connectivity index (χ1v) is 9.25. The molecule has 0 saturated carbocycles. The minimum Gasteiger partial charge on any atom is -0.383 e. The van der Waals surface area contributed by atoms with Crippen LogP contribution in [0.5, 0.6) is 0 Å². The van der Waals surface area contributed by atoms with Crippen molar-refractivity contribution in [1.29, 1.82) is 0 Å². The zero-order chi connectivity index (χ0) is 21.8. The maximum absolute atomic E-state index is 13.8. The van der Waals surface area contributed by atoms with E-state index in [9.17, 15) is 27.2 Å². The fourth-order valence-corrected chi connectivity index (χ4v) is 3.99. The number of pyridine rings is 1. The summed E-state index contributed by atoms with van der Waals surface area (Å²) in [5, 5.41) is 3.11. The van der Waals surface area contributed by atoms with Crippen molar-refractivity contribution < 1.29 is 27.2 Å². The first kappa shape index (κ1) is 20.1. The van der Waals surface area contributed by atoms with Crippen LogP contribution in [0.25, 0.3) is 0 Å². The number of aryl methyl sites for hydroxylation is 1. The van der Waals surface area contributed by atoms with E-state index in [1.807, 2.05) is 0 Å². The van der Waals surface area contributed by atoms with Crippen LogP contribution in [0.2, 0.25) is 0 Å². The summed E-state index contributed by atoms with van der Waals surface area (Å²) in [4.78, 5) is 32.4. The quantitative estimate of drug-likeness (QED) is 0.716. The average molecular weight is 422 g/mol. The van der Waals surface area contributed by atoms with Crippen LogP contribution in [0.3, 0.4) is 0 Å². The lowest BCUT2D eigenvalue weighted by Crippen LogP contribution is -2.51. The van der Waals surface area contributed by atoms with Gasteiger partial charge in [0.05, 0.1) is 16.9 Å². The van der Waals surface area contributed by atoms with Crippen molar-refractivity contribution in [2.45, 2.75) is 25.6 Å². The summed E-state index contributed by atoms with van der Waals surface area (Å²) in [6.45, 7) is 1.62. The van der Waals surface area contributed by atoms with E-state index in [1.165, 1.54) is 37.1 Å². The zero-order valence-electron chi connectivity index (χ0n) is 16.1. The molecule has 1 aromatic carbocycles. The van der Waals surface area contributed by atoms with E-state index in [4.69, 9.17) is 0 Å². The molecule has 4 rings (SSSR count). The van der Waals surface area contributed by atoms with Crippen LogP contribution in [-0.2, 0) is 15.8 Å². The number of anilines is 3. The number of alkyl halides is 3. The average Bonchev–Trinajstić information content (AvgIpc) is 2.99. The van der Waals surface area contributed by atoms with Gasteiger partial charge in [-0.25, -0.2) is 9.37 Å². The molecule has 1 saturated heterocycles. The summed E-state index contributed by atoms with van der Waals surface area (Å²) in [6, 6.07) is 4.55. The van der Waals surface area contributed by atoms with E-state index in [0.29, 0.717) is 5.69 Å². The first-order chi connectivity index (χ1) is 14.1. The predicted molar refractivity (Wildman–Crippen MR) is 102 cm³/mol. The standard InChI is InChI=1S/C20H18F4N4O2/c1-10-5-12(20(22,23)24)7-16(26-10)28-17(29)6-11-9-25-14-4-3-13(21)8-15(14)27(2)19(30)18(11)28/h3-5,7-8,11,18,25H,6,9H2,1-2H3/t11-,18+/m1/s1. The summed E-state index contributed by atoms with van der Waals surface area (Å²) in [5.74, 6) is -2.25. The molecule has 2 aliphatic heterocycles. The normalized spacial score (nSPS) is 21.7. The van der Waals surface area contributed by atoms with Crippen molar-refractivity contribution in [3.05, 3.63) is 47.4 Å². The summed E-state index contributed by atoms with van der Waals surface area (Å²) in [7, 11) is 1.44. The molecule has 0 radical (unpaired) electrons. The Morgan fingerprint density at radius 3 is 2.60 bits per heavy atom. The second kappa shape index (κ2) is 6.96. The second-order valence-electron chi connectivity index (χ2n) is 7.47. The summed E-state index contributed by atoms with van der Waals surface area (Å²) in [5.41, 5.74) is -0.0535. The summed E-state index contributed by atoms with van der Waals surface area (Å²) >= 11 is 0. The Hall–Kier alpha value is -3.17. The van der Waals surface area contributed by atoms with E-state index in [-0.39, 0.29) is 30.2 Å². The smallest absolute Gasteiger partial charge is 0.383 e. The van der Waals surface area contributed by atoms with Crippen LogP contribution in [-0.4, -0.2) is 36.4 Å². The van der Waals surface area contributed by atoms with Gasteiger partial charge < -0.3 is 10.2 Å². The largest absolute Gasteiger partial charge is 0.416 e. The van der Waals surface area contributed by atoms with Gasteiger partial charge in [0.1, 0.15) is 17.7 Å². The minimum absolute atomic E-state index is 0.0231. The Morgan fingerprint density at radius 2 is 1.90 bits per heavy atom. The number of carbonyl (C=O) groups excluding carboxylic acids is 2. The molecule has 1 fully saturated rings. The number of nitrogens with one attached hydrogen (secondary N) is 1. The predicted octanol–water partition coefficient (Wildman–Crippen LogP) is 3.36. The van der Waals surface area contributed by atoms with Crippen molar-refractivity contribution in [2.24, 2.45) is 5.92 Å². The van der Waals surface area contributed by atoms with Gasteiger partial charge in [-0.05, 0) is 37.3 Å². The van der Waals surface area contributed by atoms with Crippen molar-refractivity contribution in [2.75, 3.05) is 28.7 Å². The Balaban J connectivity index is 1.79. The van der Waals surface area contributed by atoms with Gasteiger partial charge in [0, 0.05) is 31.6 Å². The van der Waals surface area contributed by atoms with Crippen molar-refractivity contribution in [1.82, 2.24) is 4.98 Å². The van der Waals surface area contributed by atoms with Gasteiger partial charge in [0.2, 0.25) is 11.8 Å². The summed E-state index contributed by atoms with van der Waals surface area (Å²) < 4.78 is 53.6. The van der Waals surface area contributed by atoms with Gasteiger partial charge >= 0.3 is 6.18 Å². The molecule has 10 heteroatoms. The molecule has 0 aliphatic carbocycles. The Bertz CT molecular complexity index is 1040. The number of amides is 2. The van der Waals surface area contributed by atoms with Crippen LogP contribution < -0.4 is 15.1 Å². The second-order valence-corrected chi connectivity index (χ2v) is 7.47. The third kappa shape index (κ3) is 3.35. The highest BCUT2D eigenvalue weighted by atomic mass is 19.4. The van der Waals surface area contributed by atoms with E-state index in [2.05, 4.69) is 10.3 Å². The highest BCUT2D eigenvalue weighted by molar-refractivity contribution is 6.09. The number of aromatic nitrogens is 1. The molecule has 0 spiro atoms. The van der Waals surface area contributed by atoms with Crippen LogP contribution in [0.15, 0.2) is 30.3 Å². The van der Waals surface area contributed by atoms with Gasteiger partial charge in [-0.2, -0.15) is 13.2 Å². The maximum atomic E-state index is 13.8. The molecular weight excluding hydrogens is 404 g/mol. The monoisotopic (exact) mass is 422 g/mol. The zero-order valence-corrected chi connectivity index (χ0v) is 16.1. The molecule has 30 heavy (non-hydrogen) atoms. The Morgan fingerprint density at radius 1 is 1.17 bits per heavy atom. The maximum Gasteiger partial charge on any atom is 0.416 e. The lowest BCUT2D eigenvalue weighted by Gasteiger charge is -2.34. The molecule has 3 heterocycles. The van der Waals surface area contributed by atoms with Crippen molar-refractivity contribution in [3.63, 3.8) is 0 Å². The van der Waals surface area contributed by atoms with Crippen molar-refractivity contribution >= 4 is 29.0 Å². The van der Waals surface area contributed by atoms with Crippen LogP contribution in [0.1, 0.15) is 17.7 Å². The number of rotatable bonds is 1. The molecule has 6 nitrogen and oxygen atoms in total. The fourth-order valence-electron chi connectivity index (χ4n) is 3.99. The number of hydrogen-bond acceptors (Lipinski definition) is 4. The number of likely N-dealkylation sites (N-methyl/N-ethyl adjacent to an activating group) is 1. The van der Waals surface area contributed by atoms with E-state index >= 15 is 0 Å². The van der Waals surface area contributed by atoms with E-state index in [0.717, 1.165) is 17.0 Å². The SMILES string of the molecule is Cc1cc(C(F)(F)F)cc(N2C(=O)C[C@@H]3CNc4ccc(F)cc4N(C)C(=O)[C@H]32)n1. The van der Waals surface area contributed by atoms with Gasteiger partial charge in [-0.3, -0.25) is 14.5 Å². The number of benzene rings is 1. The number of carbonyl (C=O) groups is 2. The highest BCUT2D eigenvalue weighted by Gasteiger charge is 2.48. The molecular formula is C20H18F4N4O2. The lowest BCUT2D eigenvalue weighted by molar-refractivity contribution is -0.137. The molecule has 0 bridgehead atoms. The molecule has 2 aliphatic rings. The lowest BCUT2D eigenvalue weighted by atomic mass is 9.97. The van der Waals surface area contributed by atoms with Gasteiger partial charge in [0.15, 0.2) is 0 Å². The van der Waals surface area contributed by atoms with Crippen LogP contribution >= 0.6 is 0 Å². The topological polar surface area (TPSA) is 65.5 Å². The summed E-state index contributed by atoms with van der Waals surface area (Å²) in [6.07, 6.45) is -4.64. The fraction of sp³-hybridized carbons (Fsp3) is 0.350.